The lowest BCUT2D eigenvalue weighted by Gasteiger charge is -2.37. The number of anilines is 1. The van der Waals surface area contributed by atoms with Gasteiger partial charge < -0.3 is 10.6 Å². The molecule has 1 saturated heterocycles. The third-order valence-electron chi connectivity index (χ3n) is 4.88. The number of rotatable bonds is 3. The second-order valence-corrected chi connectivity index (χ2v) is 6.08. The van der Waals surface area contributed by atoms with Gasteiger partial charge in [0.1, 0.15) is 0 Å². The normalized spacial score (nSPS) is 21.1. The number of carbonyl (C=O) groups is 1. The Morgan fingerprint density at radius 3 is 2.52 bits per heavy atom. The molecule has 0 unspecified atom stereocenters. The maximum absolute atomic E-state index is 12.5. The molecule has 6 heteroatoms. The van der Waals surface area contributed by atoms with E-state index in [9.17, 15) is 4.79 Å². The summed E-state index contributed by atoms with van der Waals surface area (Å²) >= 11 is 0. The number of hydrogen-bond donors (Lipinski definition) is 2. The number of carbonyl (C=O) groups excluding carboxylic acids is 1. The summed E-state index contributed by atoms with van der Waals surface area (Å²) < 4.78 is 0. The Balaban J connectivity index is 1.60. The first-order chi connectivity index (χ1) is 10.2. The van der Waals surface area contributed by atoms with Crippen molar-refractivity contribution in [2.45, 2.75) is 45.1 Å². The quantitative estimate of drug-likeness (QED) is 0.878. The molecule has 1 aliphatic heterocycles. The van der Waals surface area contributed by atoms with Crippen LogP contribution in [0.3, 0.4) is 0 Å². The molecule has 1 saturated carbocycles. The van der Waals surface area contributed by atoms with Crippen LogP contribution in [-0.2, 0) is 6.42 Å². The molecule has 2 heterocycles. The third kappa shape index (κ3) is 2.77. The van der Waals surface area contributed by atoms with Crippen molar-refractivity contribution in [1.29, 1.82) is 0 Å². The van der Waals surface area contributed by atoms with Crippen LogP contribution in [-0.4, -0.2) is 58.1 Å². The van der Waals surface area contributed by atoms with Gasteiger partial charge in [-0.3, -0.25) is 14.8 Å². The van der Waals surface area contributed by atoms with Crippen molar-refractivity contribution in [2.75, 3.05) is 31.9 Å². The fourth-order valence-electron chi connectivity index (χ4n) is 3.53. The number of aryl methyl sites for hydroxylation is 1. The molecule has 0 spiro atoms. The van der Waals surface area contributed by atoms with Crippen molar-refractivity contribution in [3.63, 3.8) is 0 Å². The Morgan fingerprint density at radius 1 is 1.29 bits per heavy atom. The second kappa shape index (κ2) is 6.05. The van der Waals surface area contributed by atoms with E-state index >= 15 is 0 Å². The molecular formula is C15H25N5O. The Kier molecular flexibility index (Phi) is 4.14. The first-order valence-electron chi connectivity index (χ1n) is 8.06. The molecular weight excluding hydrogens is 266 g/mol. The maximum Gasteiger partial charge on any atom is 0.276 e. The van der Waals surface area contributed by atoms with E-state index in [0.29, 0.717) is 11.4 Å². The monoisotopic (exact) mass is 291 g/mol. The van der Waals surface area contributed by atoms with E-state index in [-0.39, 0.29) is 5.91 Å². The Morgan fingerprint density at radius 2 is 1.95 bits per heavy atom. The molecule has 2 fully saturated rings. The van der Waals surface area contributed by atoms with Gasteiger partial charge in [0.2, 0.25) is 0 Å². The number of piperazine rings is 1. The van der Waals surface area contributed by atoms with Crippen LogP contribution in [0.5, 0.6) is 0 Å². The Bertz CT molecular complexity index is 498. The zero-order valence-electron chi connectivity index (χ0n) is 12.8. The lowest BCUT2D eigenvalue weighted by molar-refractivity contribution is 0.0569. The molecule has 2 aliphatic rings. The predicted molar refractivity (Wildman–Crippen MR) is 82.1 cm³/mol. The average molecular weight is 291 g/mol. The topological polar surface area (TPSA) is 78.2 Å². The second-order valence-electron chi connectivity index (χ2n) is 6.08. The zero-order valence-corrected chi connectivity index (χ0v) is 12.8. The number of aromatic amines is 1. The molecule has 0 bridgehead atoms. The van der Waals surface area contributed by atoms with E-state index in [1.54, 1.807) is 0 Å². The van der Waals surface area contributed by atoms with Crippen LogP contribution < -0.4 is 5.73 Å². The van der Waals surface area contributed by atoms with E-state index in [0.717, 1.165) is 44.3 Å². The molecule has 1 aromatic heterocycles. The first kappa shape index (κ1) is 14.4. The van der Waals surface area contributed by atoms with Crippen LogP contribution in [0.2, 0.25) is 0 Å². The van der Waals surface area contributed by atoms with Crippen molar-refractivity contribution in [1.82, 2.24) is 20.0 Å². The molecule has 3 rings (SSSR count). The van der Waals surface area contributed by atoms with E-state index in [1.807, 2.05) is 11.8 Å². The van der Waals surface area contributed by atoms with Crippen molar-refractivity contribution < 1.29 is 4.79 Å². The minimum absolute atomic E-state index is 0.0329. The molecule has 116 valence electrons. The van der Waals surface area contributed by atoms with Crippen LogP contribution in [0, 0.1) is 0 Å². The molecule has 21 heavy (non-hydrogen) atoms. The van der Waals surface area contributed by atoms with Gasteiger partial charge in [-0.1, -0.05) is 19.8 Å². The molecule has 0 atom stereocenters. The summed E-state index contributed by atoms with van der Waals surface area (Å²) in [7, 11) is 0. The highest BCUT2D eigenvalue weighted by atomic mass is 16.2. The summed E-state index contributed by atoms with van der Waals surface area (Å²) in [6.07, 6.45) is 6.11. The number of nitrogens with two attached hydrogens (primary N) is 1. The summed E-state index contributed by atoms with van der Waals surface area (Å²) in [5, 5.41) is 6.97. The number of amides is 1. The summed E-state index contributed by atoms with van der Waals surface area (Å²) in [5.41, 5.74) is 7.75. The molecule has 0 aromatic carbocycles. The van der Waals surface area contributed by atoms with Crippen LogP contribution in [0.15, 0.2) is 0 Å². The van der Waals surface area contributed by atoms with Crippen molar-refractivity contribution >= 4 is 11.6 Å². The van der Waals surface area contributed by atoms with Gasteiger partial charge in [-0.05, 0) is 19.3 Å². The number of nitrogen functional groups attached to an aromatic ring is 1. The number of nitrogens with one attached hydrogen (secondary N) is 1. The van der Waals surface area contributed by atoms with E-state index in [1.165, 1.54) is 25.7 Å². The van der Waals surface area contributed by atoms with Crippen LogP contribution in [0.25, 0.3) is 0 Å². The van der Waals surface area contributed by atoms with E-state index in [4.69, 9.17) is 5.73 Å². The highest BCUT2D eigenvalue weighted by Crippen LogP contribution is 2.25. The fraction of sp³-hybridized carbons (Fsp3) is 0.733. The van der Waals surface area contributed by atoms with Crippen LogP contribution >= 0.6 is 0 Å². The third-order valence-corrected chi connectivity index (χ3v) is 4.88. The van der Waals surface area contributed by atoms with Crippen LogP contribution in [0.4, 0.5) is 5.69 Å². The summed E-state index contributed by atoms with van der Waals surface area (Å²) in [4.78, 5) is 17.0. The maximum atomic E-state index is 12.5. The average Bonchev–Trinajstić information content (AvgIpc) is 3.16. The van der Waals surface area contributed by atoms with Crippen molar-refractivity contribution in [3.8, 4) is 0 Å². The lowest BCUT2D eigenvalue weighted by atomic mass is 10.1. The van der Waals surface area contributed by atoms with Gasteiger partial charge in [-0.25, -0.2) is 0 Å². The summed E-state index contributed by atoms with van der Waals surface area (Å²) in [6, 6.07) is 0.740. The molecule has 1 aliphatic carbocycles. The van der Waals surface area contributed by atoms with Gasteiger partial charge in [0.15, 0.2) is 5.69 Å². The van der Waals surface area contributed by atoms with Gasteiger partial charge in [-0.15, -0.1) is 0 Å². The van der Waals surface area contributed by atoms with E-state index < -0.39 is 0 Å². The highest BCUT2D eigenvalue weighted by Gasteiger charge is 2.29. The molecule has 6 nitrogen and oxygen atoms in total. The van der Waals surface area contributed by atoms with Gasteiger partial charge in [0, 0.05) is 32.2 Å². The summed E-state index contributed by atoms with van der Waals surface area (Å²) in [5.74, 6) is -0.0329. The SMILES string of the molecule is CCc1[nH]nc(C(=O)N2CCN(C3CCCC3)CC2)c1N. The fourth-order valence-corrected chi connectivity index (χ4v) is 3.53. The number of nitrogens with zero attached hydrogens (tertiary/aromatic N) is 3. The summed E-state index contributed by atoms with van der Waals surface area (Å²) in [6.45, 7) is 5.51. The molecule has 1 aromatic rings. The molecule has 3 N–H and O–H groups in total. The smallest absolute Gasteiger partial charge is 0.276 e. The van der Waals surface area contributed by atoms with Gasteiger partial charge in [0.05, 0.1) is 11.4 Å². The standard InChI is InChI=1S/C15H25N5O/c1-2-12-13(16)14(18-17-12)15(21)20-9-7-19(8-10-20)11-5-3-4-6-11/h11H,2-10,16H2,1H3,(H,17,18). The van der Waals surface area contributed by atoms with Crippen molar-refractivity contribution in [2.24, 2.45) is 0 Å². The minimum Gasteiger partial charge on any atom is -0.395 e. The van der Waals surface area contributed by atoms with Gasteiger partial charge >= 0.3 is 0 Å². The lowest BCUT2D eigenvalue weighted by Crippen LogP contribution is -2.51. The van der Waals surface area contributed by atoms with E-state index in [2.05, 4.69) is 15.1 Å². The Labute approximate surface area is 125 Å². The predicted octanol–water partition coefficient (Wildman–Crippen LogP) is 1.25. The van der Waals surface area contributed by atoms with Gasteiger partial charge in [0.25, 0.3) is 5.91 Å². The first-order valence-corrected chi connectivity index (χ1v) is 8.06. The number of H-pyrrole nitrogens is 1. The zero-order chi connectivity index (χ0) is 14.8. The molecule has 0 radical (unpaired) electrons. The van der Waals surface area contributed by atoms with Crippen LogP contribution in [0.1, 0.15) is 48.8 Å². The highest BCUT2D eigenvalue weighted by molar-refractivity contribution is 5.97. The van der Waals surface area contributed by atoms with Crippen molar-refractivity contribution in [3.05, 3.63) is 11.4 Å². The number of aromatic nitrogens is 2. The molecule has 1 amide bonds. The Hall–Kier alpha value is -1.56. The largest absolute Gasteiger partial charge is 0.395 e. The van der Waals surface area contributed by atoms with Gasteiger partial charge in [-0.2, -0.15) is 5.10 Å². The minimum atomic E-state index is -0.0329. The number of hydrogen-bond acceptors (Lipinski definition) is 4.